The minimum atomic E-state index is 0.104. The molecule has 0 radical (unpaired) electrons. The quantitative estimate of drug-likeness (QED) is 0.449. The molecule has 2 heteroatoms. The van der Waals surface area contributed by atoms with Crippen LogP contribution in [-0.4, -0.2) is 6.26 Å². The van der Waals surface area contributed by atoms with Gasteiger partial charge < -0.3 is 0 Å². The SMILES string of the molecule is C[SH+]c1ccc(SC(C)(C)c2ccccc2)cc1. The minimum Gasteiger partial charge on any atom is -0.115 e. The van der Waals surface area contributed by atoms with Crippen LogP contribution in [0.5, 0.6) is 0 Å². The third kappa shape index (κ3) is 3.33. The lowest BCUT2D eigenvalue weighted by Gasteiger charge is -2.24. The van der Waals surface area contributed by atoms with E-state index in [0.717, 1.165) is 0 Å². The molecule has 2 aromatic carbocycles. The molecule has 0 amide bonds. The monoisotopic (exact) mass is 275 g/mol. The highest BCUT2D eigenvalue weighted by molar-refractivity contribution is 8.00. The van der Waals surface area contributed by atoms with Crippen LogP contribution in [0.25, 0.3) is 0 Å². The third-order valence-electron chi connectivity index (χ3n) is 2.94. The van der Waals surface area contributed by atoms with Crippen molar-refractivity contribution in [1.29, 1.82) is 0 Å². The predicted molar refractivity (Wildman–Crippen MR) is 84.7 cm³/mol. The van der Waals surface area contributed by atoms with E-state index in [-0.39, 0.29) is 4.75 Å². The lowest BCUT2D eigenvalue weighted by Crippen LogP contribution is -2.11. The van der Waals surface area contributed by atoms with Crippen molar-refractivity contribution >= 4 is 23.5 Å². The van der Waals surface area contributed by atoms with E-state index in [4.69, 9.17) is 0 Å². The summed E-state index contributed by atoms with van der Waals surface area (Å²) < 4.78 is 0.104. The zero-order valence-corrected chi connectivity index (χ0v) is 12.8. The van der Waals surface area contributed by atoms with Gasteiger partial charge in [-0.1, -0.05) is 30.3 Å². The topological polar surface area (TPSA) is 0 Å². The zero-order chi connectivity index (χ0) is 13.0. The van der Waals surface area contributed by atoms with Gasteiger partial charge in [0.1, 0.15) is 6.26 Å². The number of benzene rings is 2. The molecule has 0 spiro atoms. The van der Waals surface area contributed by atoms with E-state index in [1.54, 1.807) is 0 Å². The van der Waals surface area contributed by atoms with E-state index in [2.05, 4.69) is 74.7 Å². The molecule has 0 saturated carbocycles. The van der Waals surface area contributed by atoms with Gasteiger partial charge in [0.25, 0.3) is 0 Å². The molecule has 2 aromatic rings. The Bertz CT molecular complexity index is 486. The normalized spacial score (nSPS) is 11.5. The van der Waals surface area contributed by atoms with Crippen molar-refractivity contribution < 1.29 is 0 Å². The van der Waals surface area contributed by atoms with Gasteiger partial charge in [0.05, 0.1) is 0 Å². The first-order chi connectivity index (χ1) is 8.62. The summed E-state index contributed by atoms with van der Waals surface area (Å²) in [7, 11) is 0. The highest BCUT2D eigenvalue weighted by Crippen LogP contribution is 2.40. The van der Waals surface area contributed by atoms with E-state index in [1.165, 1.54) is 27.1 Å². The molecule has 0 aliphatic carbocycles. The minimum absolute atomic E-state index is 0.104. The molecule has 2 rings (SSSR count). The van der Waals surface area contributed by atoms with Crippen LogP contribution in [0, 0.1) is 0 Å². The van der Waals surface area contributed by atoms with Crippen LogP contribution in [0.3, 0.4) is 0 Å². The number of rotatable bonds is 4. The molecular weight excluding hydrogens is 256 g/mol. The summed E-state index contributed by atoms with van der Waals surface area (Å²) >= 11 is 3.25. The van der Waals surface area contributed by atoms with Crippen LogP contribution in [-0.2, 0) is 16.5 Å². The molecule has 0 aromatic heterocycles. The Morgan fingerprint density at radius 3 is 2.06 bits per heavy atom. The molecular formula is C16H19S2+. The second-order valence-corrected chi connectivity index (χ2v) is 7.36. The average molecular weight is 275 g/mol. The summed E-state index contributed by atoms with van der Waals surface area (Å²) in [6.07, 6.45) is 2.16. The van der Waals surface area contributed by atoms with E-state index >= 15 is 0 Å². The molecule has 0 atom stereocenters. The molecule has 0 aliphatic rings. The molecule has 0 saturated heterocycles. The average Bonchev–Trinajstić information content (AvgIpc) is 2.40. The predicted octanol–water partition coefficient (Wildman–Crippen LogP) is 4.52. The van der Waals surface area contributed by atoms with Gasteiger partial charge in [-0.2, -0.15) is 0 Å². The van der Waals surface area contributed by atoms with Gasteiger partial charge in [0.15, 0.2) is 4.90 Å². The van der Waals surface area contributed by atoms with Gasteiger partial charge >= 0.3 is 0 Å². The molecule has 0 unspecified atom stereocenters. The summed E-state index contributed by atoms with van der Waals surface area (Å²) in [4.78, 5) is 2.70. The van der Waals surface area contributed by atoms with Crippen LogP contribution >= 0.6 is 11.8 Å². The molecule has 0 nitrogen and oxygen atoms in total. The van der Waals surface area contributed by atoms with Crippen molar-refractivity contribution in [3.63, 3.8) is 0 Å². The van der Waals surface area contributed by atoms with E-state index in [9.17, 15) is 0 Å². The first-order valence-corrected chi connectivity index (χ1v) is 8.22. The lowest BCUT2D eigenvalue weighted by molar-refractivity contribution is 0.782. The molecule has 0 fully saturated rings. The second kappa shape index (κ2) is 5.85. The fraction of sp³-hybridized carbons (Fsp3) is 0.250. The summed E-state index contributed by atoms with van der Waals surface area (Å²) in [5.74, 6) is 0. The Morgan fingerprint density at radius 1 is 0.889 bits per heavy atom. The summed E-state index contributed by atoms with van der Waals surface area (Å²) in [6.45, 7) is 4.55. The van der Waals surface area contributed by atoms with E-state index in [0.29, 0.717) is 0 Å². The number of hydrogen-bond donors (Lipinski definition) is 0. The largest absolute Gasteiger partial charge is 0.152 e. The van der Waals surface area contributed by atoms with Crippen molar-refractivity contribution in [2.75, 3.05) is 6.26 Å². The standard InChI is InChI=1S/C16H18S2/c1-16(2,13-7-5-4-6-8-13)18-15-11-9-14(17-3)10-12-15/h4-12H,1-3H3/p+1. The van der Waals surface area contributed by atoms with Gasteiger partial charge in [0, 0.05) is 21.4 Å². The zero-order valence-electron chi connectivity index (χ0n) is 11.1. The molecule has 18 heavy (non-hydrogen) atoms. The fourth-order valence-electron chi connectivity index (χ4n) is 1.86. The smallest absolute Gasteiger partial charge is 0.115 e. The maximum absolute atomic E-state index is 2.28. The van der Waals surface area contributed by atoms with Crippen LogP contribution in [0.4, 0.5) is 0 Å². The van der Waals surface area contributed by atoms with Gasteiger partial charge in [-0.15, -0.1) is 11.8 Å². The third-order valence-corrected chi connectivity index (χ3v) is 5.01. The highest BCUT2D eigenvalue weighted by atomic mass is 32.2. The van der Waals surface area contributed by atoms with Crippen molar-refractivity contribution in [1.82, 2.24) is 0 Å². The first kappa shape index (κ1) is 13.6. The Kier molecular flexibility index (Phi) is 4.41. The van der Waals surface area contributed by atoms with E-state index in [1.807, 2.05) is 11.8 Å². The van der Waals surface area contributed by atoms with Gasteiger partial charge in [-0.05, 0) is 43.7 Å². The summed E-state index contributed by atoms with van der Waals surface area (Å²) in [5.41, 5.74) is 1.37. The van der Waals surface area contributed by atoms with Gasteiger partial charge in [-0.25, -0.2) is 0 Å². The fourth-order valence-corrected chi connectivity index (χ4v) is 3.42. The number of hydrogen-bond acceptors (Lipinski definition) is 1. The number of thiol groups is 1. The molecule has 94 valence electrons. The van der Waals surface area contributed by atoms with Crippen LogP contribution in [0.2, 0.25) is 0 Å². The molecule has 0 bridgehead atoms. The number of thioether (sulfide) groups is 1. The molecule has 0 aliphatic heterocycles. The lowest BCUT2D eigenvalue weighted by atomic mass is 10.0. The Hall–Kier alpha value is -0.860. The Labute approximate surface area is 118 Å². The van der Waals surface area contributed by atoms with Gasteiger partial charge in [-0.3, -0.25) is 0 Å². The van der Waals surface area contributed by atoms with E-state index < -0.39 is 0 Å². The Balaban J connectivity index is 2.16. The van der Waals surface area contributed by atoms with Crippen LogP contribution in [0.1, 0.15) is 19.4 Å². The highest BCUT2D eigenvalue weighted by Gasteiger charge is 2.21. The molecule has 0 N–H and O–H groups in total. The van der Waals surface area contributed by atoms with Gasteiger partial charge in [0.2, 0.25) is 0 Å². The maximum Gasteiger partial charge on any atom is 0.152 e. The summed E-state index contributed by atoms with van der Waals surface area (Å²) in [6, 6.07) is 19.6. The van der Waals surface area contributed by atoms with Crippen molar-refractivity contribution in [2.45, 2.75) is 28.4 Å². The van der Waals surface area contributed by atoms with Crippen molar-refractivity contribution in [2.24, 2.45) is 0 Å². The first-order valence-electron chi connectivity index (χ1n) is 6.06. The van der Waals surface area contributed by atoms with Crippen molar-refractivity contribution in [3.05, 3.63) is 60.2 Å². The van der Waals surface area contributed by atoms with Crippen molar-refractivity contribution in [3.8, 4) is 0 Å². The van der Waals surface area contributed by atoms with Crippen LogP contribution < -0.4 is 0 Å². The van der Waals surface area contributed by atoms with Crippen LogP contribution in [0.15, 0.2) is 64.4 Å². The molecule has 0 heterocycles. The second-order valence-electron chi connectivity index (χ2n) is 4.70. The Morgan fingerprint density at radius 2 is 1.50 bits per heavy atom. The maximum atomic E-state index is 2.28. The summed E-state index contributed by atoms with van der Waals surface area (Å²) in [5, 5.41) is 0.